The highest BCUT2D eigenvalue weighted by atomic mass is 32.2. The summed E-state index contributed by atoms with van der Waals surface area (Å²) in [4.78, 5) is 32.9. The molecule has 1 aliphatic heterocycles. The van der Waals surface area contributed by atoms with Crippen molar-refractivity contribution in [2.45, 2.75) is 30.4 Å². The molecule has 0 saturated carbocycles. The second kappa shape index (κ2) is 5.74. The van der Waals surface area contributed by atoms with Crippen LogP contribution in [0.4, 0.5) is 0 Å². The van der Waals surface area contributed by atoms with Gasteiger partial charge in [-0.3, -0.25) is 23.7 Å². The third-order valence-corrected chi connectivity index (χ3v) is 6.06. The molecule has 0 fully saturated rings. The van der Waals surface area contributed by atoms with Gasteiger partial charge in [-0.25, -0.2) is 14.8 Å². The fraction of sp³-hybridized carbons (Fsp3) is 0.462. The zero-order chi connectivity index (χ0) is 18.7. The van der Waals surface area contributed by atoms with Crippen LogP contribution in [0.2, 0.25) is 0 Å². The molecule has 0 bridgehead atoms. The van der Waals surface area contributed by atoms with Gasteiger partial charge in [0, 0.05) is 20.6 Å². The Morgan fingerprint density at radius 2 is 1.96 bits per heavy atom. The number of aromatic nitrogens is 7. The molecule has 3 aromatic rings. The van der Waals surface area contributed by atoms with Crippen LogP contribution in [0.1, 0.15) is 5.82 Å². The Bertz CT molecular complexity index is 1340. The molecule has 1 unspecified atom stereocenters. The maximum atomic E-state index is 12.5. The summed E-state index contributed by atoms with van der Waals surface area (Å²) in [5.41, 5.74) is -0.0928. The summed E-state index contributed by atoms with van der Waals surface area (Å²) in [6.45, 7) is 2.52. The third-order valence-electron chi connectivity index (χ3n) is 4.30. The molecule has 1 aliphatic rings. The van der Waals surface area contributed by atoms with Gasteiger partial charge in [-0.1, -0.05) is 11.8 Å². The minimum atomic E-state index is -2.45. The first-order valence-electron chi connectivity index (χ1n) is 7.66. The highest BCUT2D eigenvalue weighted by Crippen LogP contribution is 2.34. The molecular weight excluding hydrogens is 382 g/mol. The Hall–Kier alpha value is -2.54. The SMILES string of the molecule is Cc1nc(=S(=O)=O)n(CC2Cn3c(nc4c3c(=O)n(C)c(=O)n4C)S2)[nH]1. The van der Waals surface area contributed by atoms with Crippen LogP contribution >= 0.6 is 11.8 Å². The lowest BCUT2D eigenvalue weighted by Crippen LogP contribution is -2.37. The summed E-state index contributed by atoms with van der Waals surface area (Å²) in [7, 11) is 0.563. The number of fused-ring (bicyclic) bond motifs is 3. The molecule has 0 spiro atoms. The molecule has 0 amide bonds. The van der Waals surface area contributed by atoms with E-state index in [2.05, 4.69) is 15.1 Å². The topological polar surface area (TPSA) is 130 Å². The van der Waals surface area contributed by atoms with E-state index in [9.17, 15) is 18.0 Å². The molecule has 0 saturated heterocycles. The fourth-order valence-electron chi connectivity index (χ4n) is 3.10. The fourth-order valence-corrected chi connectivity index (χ4v) is 4.79. The van der Waals surface area contributed by atoms with Crippen molar-refractivity contribution in [2.75, 3.05) is 0 Å². The number of rotatable bonds is 2. The number of aryl methyl sites for hydroxylation is 2. The number of nitrogens with zero attached hydrogens (tertiary/aromatic N) is 6. The molecule has 1 N–H and O–H groups in total. The molecule has 4 rings (SSSR count). The van der Waals surface area contributed by atoms with Gasteiger partial charge in [-0.2, -0.15) is 8.42 Å². The van der Waals surface area contributed by atoms with Crippen molar-refractivity contribution in [1.29, 1.82) is 0 Å². The smallest absolute Gasteiger partial charge is 0.312 e. The molecule has 4 heterocycles. The number of imidazole rings is 1. The van der Waals surface area contributed by atoms with E-state index in [1.54, 1.807) is 18.5 Å². The second-order valence-electron chi connectivity index (χ2n) is 6.06. The number of hydrogen-bond acceptors (Lipinski definition) is 7. The van der Waals surface area contributed by atoms with Crippen molar-refractivity contribution in [2.24, 2.45) is 14.1 Å². The van der Waals surface area contributed by atoms with E-state index in [1.165, 1.54) is 28.1 Å². The van der Waals surface area contributed by atoms with Crippen LogP contribution in [0.3, 0.4) is 0 Å². The van der Waals surface area contributed by atoms with E-state index in [0.29, 0.717) is 35.2 Å². The van der Waals surface area contributed by atoms with Crippen molar-refractivity contribution < 1.29 is 8.42 Å². The van der Waals surface area contributed by atoms with Crippen LogP contribution in [0.15, 0.2) is 14.7 Å². The minimum absolute atomic E-state index is 0.0315. The van der Waals surface area contributed by atoms with Crippen LogP contribution in [0, 0.1) is 11.7 Å². The standard InChI is InChI=1S/C13H15N7O4S2/c1-6-14-12(26(23)24)20(16-6)5-7-4-19-8-9(15-11(19)25-7)17(2)13(22)18(3)10(8)21/h7H,4-5H2,1-3H3,(H,14,16). The molecule has 3 aromatic heterocycles. The molecule has 26 heavy (non-hydrogen) atoms. The van der Waals surface area contributed by atoms with Gasteiger partial charge in [-0.15, -0.1) is 0 Å². The normalized spacial score (nSPS) is 16.3. The predicted octanol–water partition coefficient (Wildman–Crippen LogP) is -1.15. The first-order valence-corrected chi connectivity index (χ1v) is 9.62. The van der Waals surface area contributed by atoms with Crippen LogP contribution in [-0.4, -0.2) is 47.1 Å². The molecule has 1 atom stereocenters. The van der Waals surface area contributed by atoms with Crippen LogP contribution in [0.5, 0.6) is 0 Å². The number of H-pyrrole nitrogens is 1. The Kier molecular flexibility index (Phi) is 3.73. The third kappa shape index (κ3) is 2.38. The first kappa shape index (κ1) is 16.9. The van der Waals surface area contributed by atoms with Crippen molar-refractivity contribution in [1.82, 2.24) is 33.4 Å². The van der Waals surface area contributed by atoms with Crippen molar-refractivity contribution in [3.05, 3.63) is 31.4 Å². The van der Waals surface area contributed by atoms with Gasteiger partial charge in [0.1, 0.15) is 5.82 Å². The summed E-state index contributed by atoms with van der Waals surface area (Å²) in [5, 5.41) is 3.50. The Morgan fingerprint density at radius 1 is 1.23 bits per heavy atom. The van der Waals surface area contributed by atoms with Gasteiger partial charge in [-0.05, 0) is 6.92 Å². The van der Waals surface area contributed by atoms with Crippen LogP contribution < -0.4 is 11.2 Å². The number of thioether (sulfide) groups is 1. The van der Waals surface area contributed by atoms with E-state index in [-0.39, 0.29) is 10.0 Å². The van der Waals surface area contributed by atoms with Crippen molar-refractivity contribution >= 4 is 33.2 Å². The van der Waals surface area contributed by atoms with Gasteiger partial charge in [0.25, 0.3) is 20.6 Å². The molecule has 11 nitrogen and oxygen atoms in total. The average molecular weight is 397 g/mol. The monoisotopic (exact) mass is 397 g/mol. The lowest BCUT2D eigenvalue weighted by atomic mass is 10.4. The van der Waals surface area contributed by atoms with E-state index in [0.717, 1.165) is 4.57 Å². The summed E-state index contributed by atoms with van der Waals surface area (Å²) in [5.74, 6) is 0.499. The minimum Gasteiger partial charge on any atom is -0.312 e. The maximum absolute atomic E-state index is 12.5. The van der Waals surface area contributed by atoms with E-state index in [1.807, 2.05) is 0 Å². The van der Waals surface area contributed by atoms with Gasteiger partial charge in [0.2, 0.25) is 0 Å². The zero-order valence-corrected chi connectivity index (χ0v) is 15.8. The predicted molar refractivity (Wildman–Crippen MR) is 93.3 cm³/mol. The second-order valence-corrected chi connectivity index (χ2v) is 8.16. The Balaban J connectivity index is 1.77. The van der Waals surface area contributed by atoms with Crippen LogP contribution in [0.25, 0.3) is 11.2 Å². The largest absolute Gasteiger partial charge is 0.332 e. The lowest BCUT2D eigenvalue weighted by Gasteiger charge is -2.09. The molecule has 13 heteroatoms. The van der Waals surface area contributed by atoms with Crippen molar-refractivity contribution in [3.63, 3.8) is 0 Å². The highest BCUT2D eigenvalue weighted by Gasteiger charge is 2.29. The average Bonchev–Trinajstić information content (AvgIpc) is 3.23. The van der Waals surface area contributed by atoms with E-state index < -0.39 is 21.5 Å². The number of nitrogens with one attached hydrogen (secondary N) is 1. The van der Waals surface area contributed by atoms with Gasteiger partial charge in [0.05, 0.1) is 11.8 Å². The highest BCUT2D eigenvalue weighted by molar-refractivity contribution is 8.00. The van der Waals surface area contributed by atoms with Gasteiger partial charge in [0.15, 0.2) is 16.3 Å². The number of hydrogen-bond donors (Lipinski definition) is 1. The number of aromatic amines is 1. The summed E-state index contributed by atoms with van der Waals surface area (Å²) < 4.78 is 28.2. The van der Waals surface area contributed by atoms with Crippen molar-refractivity contribution in [3.8, 4) is 0 Å². The summed E-state index contributed by atoms with van der Waals surface area (Å²) in [6, 6.07) is 0. The molecular formula is C13H15N7O4S2. The molecule has 0 aliphatic carbocycles. The quantitative estimate of drug-likeness (QED) is 0.541. The van der Waals surface area contributed by atoms with Gasteiger partial charge >= 0.3 is 5.69 Å². The van der Waals surface area contributed by atoms with Gasteiger partial charge < -0.3 is 4.57 Å². The molecule has 0 aromatic carbocycles. The lowest BCUT2D eigenvalue weighted by molar-refractivity contribution is 0.537. The zero-order valence-electron chi connectivity index (χ0n) is 14.1. The van der Waals surface area contributed by atoms with E-state index >= 15 is 0 Å². The van der Waals surface area contributed by atoms with Crippen LogP contribution in [-0.2, 0) is 37.5 Å². The molecule has 0 radical (unpaired) electrons. The van der Waals surface area contributed by atoms with E-state index in [4.69, 9.17) is 0 Å². The molecule has 138 valence electrons. The summed E-state index contributed by atoms with van der Waals surface area (Å²) in [6.07, 6.45) is 0. The Labute approximate surface area is 151 Å². The Morgan fingerprint density at radius 3 is 2.65 bits per heavy atom. The summed E-state index contributed by atoms with van der Waals surface area (Å²) >= 11 is 1.43. The maximum Gasteiger partial charge on any atom is 0.332 e. The first-order chi connectivity index (χ1) is 12.3.